The Labute approximate surface area is 459 Å². The Hall–Kier alpha value is -6.26. The molecule has 0 saturated heterocycles. The van der Waals surface area contributed by atoms with Gasteiger partial charge >= 0.3 is 0 Å². The van der Waals surface area contributed by atoms with Crippen LogP contribution < -0.4 is 0 Å². The van der Waals surface area contributed by atoms with Crippen molar-refractivity contribution in [2.24, 2.45) is 0 Å². The van der Waals surface area contributed by atoms with E-state index in [-0.39, 0.29) is 27.7 Å². The van der Waals surface area contributed by atoms with Gasteiger partial charge in [0.2, 0.25) is 0 Å². The first-order valence-corrected chi connectivity index (χ1v) is 23.8. The Morgan fingerprint density at radius 3 is 1.68 bits per heavy atom. The molecule has 2 aromatic heterocycles. The van der Waals surface area contributed by atoms with Gasteiger partial charge in [0.15, 0.2) is 0 Å². The lowest BCUT2D eigenvalue weighted by atomic mass is 9.76. The van der Waals surface area contributed by atoms with E-state index in [9.17, 15) is 7.85 Å². The van der Waals surface area contributed by atoms with Crippen LogP contribution in [0.5, 0.6) is 5.75 Å². The Morgan fingerprint density at radius 1 is 0.479 bits per heavy atom. The van der Waals surface area contributed by atoms with E-state index in [1.165, 1.54) is 10.8 Å². The van der Waals surface area contributed by atoms with Crippen LogP contribution in [-0.4, -0.2) is 19.6 Å². The van der Waals surface area contributed by atoms with Crippen LogP contribution in [0.25, 0.3) is 72.7 Å². The highest BCUT2D eigenvalue weighted by atomic mass is 16.3. The fourth-order valence-electron chi connectivity index (χ4n) is 9.05. The van der Waals surface area contributed by atoms with Gasteiger partial charge in [0.25, 0.3) is 0 Å². The van der Waals surface area contributed by atoms with E-state index in [4.69, 9.17) is 38.8 Å². The van der Waals surface area contributed by atoms with Gasteiger partial charge in [0.1, 0.15) is 11.6 Å². The van der Waals surface area contributed by atoms with Crippen LogP contribution in [0, 0.1) is 6.85 Å². The molecule has 4 heteroatoms. The number of pyridine rings is 1. The van der Waals surface area contributed by atoms with Crippen LogP contribution >= 0.6 is 0 Å². The molecule has 0 aliphatic carbocycles. The van der Waals surface area contributed by atoms with Gasteiger partial charge in [-0.2, -0.15) is 0 Å². The van der Waals surface area contributed by atoms with E-state index in [1.54, 1.807) is 30.3 Å². The SMILES string of the molecule is [2H]c1c(-c2nc3c(-c4cc(-c5cc(-c6ccc(C(C)(C)C)cc6)c(C([2H])([2H])[2H])cn5)cc(C(C)(C)C)c4)cccc3n2-c2c(C(C)(C)C)cc(-c3ccccc3)cc2C(C)(C)C)c(O)c(C(C([2H])([2H])[2H])(C([2H])([2H])[2H])C([2H])([2H])[2H])c([2H])c1C(C([2H])([2H])[2H])(C([2H])([2H])[2H])C([2H])([2H])[2H]. The van der Waals surface area contributed by atoms with Crippen molar-refractivity contribution >= 4 is 11.0 Å². The molecule has 0 saturated carbocycles. The average molecular weight is 966 g/mol. The Balaban J connectivity index is 1.70. The highest BCUT2D eigenvalue weighted by Crippen LogP contribution is 2.48. The summed E-state index contributed by atoms with van der Waals surface area (Å²) < 4.78 is 208. The maximum absolute atomic E-state index is 13.5. The molecule has 1 N–H and O–H groups in total. The zero-order valence-corrected chi connectivity index (χ0v) is 42.8. The van der Waals surface area contributed by atoms with E-state index in [0.29, 0.717) is 50.2 Å². The maximum atomic E-state index is 13.5. The van der Waals surface area contributed by atoms with Gasteiger partial charge in [0, 0.05) is 51.7 Å². The second-order valence-electron chi connectivity index (χ2n) is 22.9. The van der Waals surface area contributed by atoms with Crippen molar-refractivity contribution in [2.75, 3.05) is 0 Å². The number of aryl methyl sites for hydroxylation is 1. The normalized spacial score (nSPS) is 19.1. The molecule has 4 nitrogen and oxygen atoms in total. The molecule has 0 unspecified atom stereocenters. The Kier molecular flexibility index (Phi) is 7.34. The minimum absolute atomic E-state index is 0.000289. The molecule has 0 spiro atoms. The minimum Gasteiger partial charge on any atom is -0.507 e. The number of imidazole rings is 1. The summed E-state index contributed by atoms with van der Waals surface area (Å²) in [5, 5.41) is 13.5. The summed E-state index contributed by atoms with van der Waals surface area (Å²) in [6.45, 7) is -5.26. The van der Waals surface area contributed by atoms with Gasteiger partial charge in [-0.15, -0.1) is 0 Å². The molecule has 0 bridgehead atoms. The molecule has 368 valence electrons. The van der Waals surface area contributed by atoms with Crippen LogP contribution in [0.4, 0.5) is 0 Å². The number of para-hydroxylation sites is 1. The van der Waals surface area contributed by atoms with E-state index in [1.807, 2.05) is 141 Å². The van der Waals surface area contributed by atoms with E-state index >= 15 is 0 Å². The number of hydrogen-bond acceptors (Lipinski definition) is 3. The number of phenols is 1. The second-order valence-corrected chi connectivity index (χ2v) is 22.9. The highest BCUT2D eigenvalue weighted by molar-refractivity contribution is 5.97. The molecule has 2 heterocycles. The van der Waals surface area contributed by atoms with Crippen molar-refractivity contribution in [3.8, 4) is 67.5 Å². The topological polar surface area (TPSA) is 50.9 Å². The van der Waals surface area contributed by atoms with Crippen molar-refractivity contribution in [3.05, 3.63) is 166 Å². The molecule has 0 atom stereocenters. The summed E-state index contributed by atoms with van der Waals surface area (Å²) in [5.74, 6) is -2.41. The van der Waals surface area contributed by atoms with Gasteiger partial charge in [-0.1, -0.05) is 203 Å². The molecule has 0 radical (unpaired) electrons. The fourth-order valence-corrected chi connectivity index (χ4v) is 9.05. The molecule has 8 aromatic rings. The first kappa shape index (κ1) is 29.3. The van der Waals surface area contributed by atoms with Gasteiger partial charge in [-0.25, -0.2) is 4.98 Å². The fraction of sp³-hybridized carbons (Fsp3) is 0.373. The molecule has 0 aliphatic heterocycles. The lowest BCUT2D eigenvalue weighted by molar-refractivity contribution is 0.446. The number of rotatable bonds is 6. The average Bonchev–Trinajstić information content (AvgIpc) is 0.805. The molecule has 6 aromatic carbocycles. The lowest BCUT2D eigenvalue weighted by Crippen LogP contribution is -2.23. The van der Waals surface area contributed by atoms with Crippen molar-refractivity contribution in [3.63, 3.8) is 0 Å². The minimum atomic E-state index is -4.48. The second kappa shape index (κ2) is 17.8. The summed E-state index contributed by atoms with van der Waals surface area (Å²) >= 11 is 0. The summed E-state index contributed by atoms with van der Waals surface area (Å²) in [4.78, 5) is 10.0. The summed E-state index contributed by atoms with van der Waals surface area (Å²) in [6.07, 6.45) is 1.32. The Bertz CT molecular complexity index is 4020. The number of aromatic hydroxyl groups is 1. The molecular weight excluding hydrogens is 863 g/mol. The molecule has 0 amide bonds. The number of phenolic OH excluding ortho intramolecular Hbond substituents is 1. The number of fused-ring (bicyclic) bond motifs is 1. The van der Waals surface area contributed by atoms with E-state index in [0.717, 1.165) is 16.7 Å². The van der Waals surface area contributed by atoms with Gasteiger partial charge in [-0.3, -0.25) is 9.55 Å². The van der Waals surface area contributed by atoms with Crippen LogP contribution in [0.15, 0.2) is 127 Å². The van der Waals surface area contributed by atoms with Crippen molar-refractivity contribution in [1.29, 1.82) is 0 Å². The zero-order valence-electron chi connectivity index (χ0n) is 65.8. The van der Waals surface area contributed by atoms with E-state index in [2.05, 4.69) is 20.8 Å². The quantitative estimate of drug-likeness (QED) is 0.181. The smallest absolute Gasteiger partial charge is 0.149 e. The maximum Gasteiger partial charge on any atom is 0.149 e. The lowest BCUT2D eigenvalue weighted by Gasteiger charge is -2.33. The monoisotopic (exact) mass is 965 g/mol. The number of hydrogen-bond donors (Lipinski definition) is 1. The van der Waals surface area contributed by atoms with Gasteiger partial charge in [-0.05, 0) is 143 Å². The molecule has 0 fully saturated rings. The van der Waals surface area contributed by atoms with Gasteiger partial charge in [0.05, 0.1) is 30.7 Å². The highest BCUT2D eigenvalue weighted by Gasteiger charge is 2.34. The summed E-state index contributed by atoms with van der Waals surface area (Å²) in [7, 11) is 0. The zero-order chi connectivity index (χ0) is 71.2. The van der Waals surface area contributed by atoms with Crippen LogP contribution in [0.1, 0.15) is 195 Å². The number of nitrogens with zero attached hydrogens (tertiary/aromatic N) is 3. The molecule has 71 heavy (non-hydrogen) atoms. The predicted octanol–water partition coefficient (Wildman–Crippen LogP) is 18.6. The molecule has 0 aliphatic rings. The van der Waals surface area contributed by atoms with Crippen LogP contribution in [0.2, 0.25) is 0 Å². The van der Waals surface area contributed by atoms with Crippen molar-refractivity contribution in [2.45, 2.75) is 164 Å². The van der Waals surface area contributed by atoms with Gasteiger partial charge < -0.3 is 5.11 Å². The number of benzene rings is 6. The van der Waals surface area contributed by atoms with Crippen molar-refractivity contribution in [1.82, 2.24) is 14.5 Å². The largest absolute Gasteiger partial charge is 0.507 e. The summed E-state index contributed by atoms with van der Waals surface area (Å²) in [6, 6.07) is 29.5. The third-order valence-corrected chi connectivity index (χ3v) is 13.1. The van der Waals surface area contributed by atoms with Crippen molar-refractivity contribution < 1.29 is 36.6 Å². The summed E-state index contributed by atoms with van der Waals surface area (Å²) in [5.41, 5.74) is -9.22. The molecular formula is C67H79N3O. The third kappa shape index (κ3) is 10.1. The molecule has 8 rings (SSSR count). The van der Waals surface area contributed by atoms with Crippen LogP contribution in [-0.2, 0) is 32.5 Å². The predicted molar refractivity (Wildman–Crippen MR) is 305 cm³/mol. The van der Waals surface area contributed by atoms with Crippen LogP contribution in [0.3, 0.4) is 0 Å². The Morgan fingerprint density at radius 2 is 1.10 bits per heavy atom. The van der Waals surface area contributed by atoms with E-state index < -0.39 is 115 Å². The first-order valence-electron chi connectivity index (χ1n) is 35.3. The third-order valence-electron chi connectivity index (χ3n) is 13.1. The number of aromatic nitrogens is 3. The standard InChI is InChI=1S/C67H79N3O/c1-41-40-68-56(39-51(41)43-28-30-47(31-29-43)62(2,3)4)46-32-45(33-48(34-46)63(5,6)7)50-26-23-27-57-58(50)69-61(52-37-49(64(8,9)10)38-55(60(52)71)67(17,18)19)70(57)59-53(65(11,12)13)35-44(36-54(59)66(14,15)16)42-24-21-20-22-25-42/h20-40,71H,1-19H3/i1D3,8D3,9D3,10D3,17D3,18D3,19D3,37D,38D. The first-order chi connectivity index (χ1) is 42.4.